The lowest BCUT2D eigenvalue weighted by Crippen LogP contribution is -2.48. The van der Waals surface area contributed by atoms with Crippen molar-refractivity contribution in [3.05, 3.63) is 11.5 Å². The van der Waals surface area contributed by atoms with Crippen LogP contribution in [0.4, 0.5) is 0 Å². The second kappa shape index (κ2) is 3.87. The summed E-state index contributed by atoms with van der Waals surface area (Å²) in [5.41, 5.74) is 1.96. The minimum Gasteiger partial charge on any atom is -0.479 e. The molecule has 0 radical (unpaired) electrons. The first-order valence-electron chi connectivity index (χ1n) is 7.12. The minimum absolute atomic E-state index is 0.231. The molecule has 2 atom stereocenters. The van der Waals surface area contributed by atoms with Gasteiger partial charge in [0.2, 0.25) is 0 Å². The molecule has 0 amide bonds. The van der Waals surface area contributed by atoms with Gasteiger partial charge in [0.15, 0.2) is 5.88 Å². The highest BCUT2D eigenvalue weighted by atomic mass is 16.5. The Hall–Kier alpha value is -0.740. The van der Waals surface area contributed by atoms with Crippen molar-refractivity contribution < 1.29 is 14.2 Å². The maximum atomic E-state index is 5.91. The van der Waals surface area contributed by atoms with Crippen LogP contribution >= 0.6 is 0 Å². The van der Waals surface area contributed by atoms with Crippen molar-refractivity contribution in [2.45, 2.75) is 25.7 Å². The fourth-order valence-corrected chi connectivity index (χ4v) is 4.27. The van der Waals surface area contributed by atoms with Crippen molar-refractivity contribution in [2.75, 3.05) is 39.6 Å². The molecule has 0 aromatic rings. The number of rotatable bonds is 0. The van der Waals surface area contributed by atoms with Gasteiger partial charge >= 0.3 is 0 Å². The number of fused-ring (bicyclic) bond motifs is 2. The quantitative estimate of drug-likeness (QED) is 0.707. The van der Waals surface area contributed by atoms with Gasteiger partial charge in [0.1, 0.15) is 0 Å². The fourth-order valence-electron chi connectivity index (χ4n) is 4.27. The van der Waals surface area contributed by atoms with Gasteiger partial charge in [-0.1, -0.05) is 0 Å². The Balaban J connectivity index is 1.82. The predicted molar refractivity (Wildman–Crippen MR) is 66.0 cm³/mol. The first-order chi connectivity index (χ1) is 8.85. The standard InChI is InChI=1S/C14H21NO3/c1-5-15-12-11(13(1)2-6-16-9-13)14(4-8-18-12)3-7-17-10-14/h15H,1-10H2. The molecule has 0 aliphatic carbocycles. The Bertz CT molecular complexity index is 345. The Kier molecular flexibility index (Phi) is 2.39. The lowest BCUT2D eigenvalue weighted by Gasteiger charge is -2.47. The summed E-state index contributed by atoms with van der Waals surface area (Å²) in [7, 11) is 0. The van der Waals surface area contributed by atoms with Gasteiger partial charge in [-0.05, 0) is 25.7 Å². The molecule has 0 aromatic heterocycles. The van der Waals surface area contributed by atoms with Crippen LogP contribution in [-0.2, 0) is 14.2 Å². The van der Waals surface area contributed by atoms with Crippen molar-refractivity contribution in [3.63, 3.8) is 0 Å². The van der Waals surface area contributed by atoms with E-state index in [1.165, 1.54) is 12.0 Å². The lowest BCUT2D eigenvalue weighted by molar-refractivity contribution is 0.0432. The molecule has 2 spiro atoms. The summed E-state index contributed by atoms with van der Waals surface area (Å²) in [6.07, 6.45) is 4.59. The molecule has 2 fully saturated rings. The second-order valence-electron chi connectivity index (χ2n) is 6.15. The van der Waals surface area contributed by atoms with Crippen molar-refractivity contribution in [2.24, 2.45) is 10.8 Å². The van der Waals surface area contributed by atoms with Crippen LogP contribution in [0, 0.1) is 10.8 Å². The molecule has 4 heteroatoms. The molecule has 0 aromatic carbocycles. The third-order valence-corrected chi connectivity index (χ3v) is 5.21. The predicted octanol–water partition coefficient (Wildman–Crippen LogP) is 1.42. The Morgan fingerprint density at radius 1 is 0.833 bits per heavy atom. The maximum absolute atomic E-state index is 5.91. The van der Waals surface area contributed by atoms with Crippen molar-refractivity contribution in [3.8, 4) is 0 Å². The van der Waals surface area contributed by atoms with E-state index >= 15 is 0 Å². The van der Waals surface area contributed by atoms with Crippen LogP contribution in [0.5, 0.6) is 0 Å². The van der Waals surface area contributed by atoms with Crippen LogP contribution in [0.15, 0.2) is 11.5 Å². The third-order valence-electron chi connectivity index (χ3n) is 5.21. The molecule has 4 heterocycles. The van der Waals surface area contributed by atoms with Crippen LogP contribution in [0.3, 0.4) is 0 Å². The summed E-state index contributed by atoms with van der Waals surface area (Å²) in [5, 5.41) is 3.47. The fraction of sp³-hybridized carbons (Fsp3) is 0.857. The van der Waals surface area contributed by atoms with E-state index in [0.717, 1.165) is 64.7 Å². The molecule has 1 N–H and O–H groups in total. The zero-order valence-electron chi connectivity index (χ0n) is 10.8. The van der Waals surface area contributed by atoms with Gasteiger partial charge in [0.25, 0.3) is 0 Å². The Labute approximate surface area is 108 Å². The van der Waals surface area contributed by atoms with E-state index in [9.17, 15) is 0 Å². The van der Waals surface area contributed by atoms with E-state index in [1.807, 2.05) is 0 Å². The minimum atomic E-state index is 0.231. The first-order valence-corrected chi connectivity index (χ1v) is 7.12. The molecule has 2 unspecified atom stereocenters. The van der Waals surface area contributed by atoms with Gasteiger partial charge < -0.3 is 19.5 Å². The van der Waals surface area contributed by atoms with Gasteiger partial charge in [-0.3, -0.25) is 0 Å². The van der Waals surface area contributed by atoms with E-state index in [0.29, 0.717) is 0 Å². The highest BCUT2D eigenvalue weighted by Gasteiger charge is 2.54. The number of hydrogen-bond acceptors (Lipinski definition) is 4. The summed E-state index contributed by atoms with van der Waals surface area (Å²) in [6.45, 7) is 5.38. The zero-order chi connectivity index (χ0) is 12.1. The monoisotopic (exact) mass is 251 g/mol. The zero-order valence-corrected chi connectivity index (χ0v) is 10.8. The molecule has 2 saturated heterocycles. The molecule has 100 valence electrons. The molecular formula is C14H21NO3. The van der Waals surface area contributed by atoms with Gasteiger partial charge in [-0.15, -0.1) is 0 Å². The third kappa shape index (κ3) is 1.39. The van der Waals surface area contributed by atoms with Crippen LogP contribution in [0.1, 0.15) is 25.7 Å². The largest absolute Gasteiger partial charge is 0.479 e. The topological polar surface area (TPSA) is 39.7 Å². The number of ether oxygens (including phenoxy) is 3. The van der Waals surface area contributed by atoms with Crippen LogP contribution in [-0.4, -0.2) is 39.6 Å². The van der Waals surface area contributed by atoms with Crippen LogP contribution in [0.25, 0.3) is 0 Å². The summed E-state index contributed by atoms with van der Waals surface area (Å²) in [4.78, 5) is 0. The SMILES string of the molecule is C1CC2(CCOC2)C2=C(N1)OCCC21CCOC1. The first kappa shape index (κ1) is 11.1. The van der Waals surface area contributed by atoms with Crippen LogP contribution < -0.4 is 5.32 Å². The van der Waals surface area contributed by atoms with Gasteiger partial charge in [-0.2, -0.15) is 0 Å². The van der Waals surface area contributed by atoms with Gasteiger partial charge in [-0.25, -0.2) is 0 Å². The van der Waals surface area contributed by atoms with E-state index < -0.39 is 0 Å². The molecule has 0 saturated carbocycles. The molecular weight excluding hydrogens is 230 g/mol. The normalized spacial score (nSPS) is 43.1. The second-order valence-corrected chi connectivity index (χ2v) is 6.15. The number of hydrogen-bond donors (Lipinski definition) is 1. The highest BCUT2D eigenvalue weighted by molar-refractivity contribution is 5.32. The van der Waals surface area contributed by atoms with E-state index in [2.05, 4.69) is 5.32 Å². The number of nitrogens with one attached hydrogen (secondary N) is 1. The lowest BCUT2D eigenvalue weighted by atomic mass is 9.61. The Morgan fingerprint density at radius 3 is 2.17 bits per heavy atom. The van der Waals surface area contributed by atoms with Gasteiger partial charge in [0.05, 0.1) is 19.8 Å². The molecule has 4 rings (SSSR count). The molecule has 4 aliphatic heterocycles. The maximum Gasteiger partial charge on any atom is 0.187 e. The van der Waals surface area contributed by atoms with Crippen LogP contribution in [0.2, 0.25) is 0 Å². The average Bonchev–Trinajstić information content (AvgIpc) is 3.01. The highest BCUT2D eigenvalue weighted by Crippen LogP contribution is 2.56. The Morgan fingerprint density at radius 2 is 1.50 bits per heavy atom. The summed E-state index contributed by atoms with van der Waals surface area (Å²) in [5.74, 6) is 1.06. The molecule has 4 aliphatic rings. The molecule has 18 heavy (non-hydrogen) atoms. The smallest absolute Gasteiger partial charge is 0.187 e. The van der Waals surface area contributed by atoms with E-state index in [1.54, 1.807) is 0 Å². The summed E-state index contributed by atoms with van der Waals surface area (Å²) >= 11 is 0. The van der Waals surface area contributed by atoms with Gasteiger partial charge in [0, 0.05) is 36.2 Å². The summed E-state index contributed by atoms with van der Waals surface area (Å²) in [6, 6.07) is 0. The van der Waals surface area contributed by atoms with Crippen molar-refractivity contribution in [1.29, 1.82) is 0 Å². The van der Waals surface area contributed by atoms with Crippen molar-refractivity contribution in [1.82, 2.24) is 5.32 Å². The van der Waals surface area contributed by atoms with E-state index in [-0.39, 0.29) is 10.8 Å². The molecule has 0 bridgehead atoms. The van der Waals surface area contributed by atoms with Crippen molar-refractivity contribution >= 4 is 0 Å². The summed E-state index contributed by atoms with van der Waals surface area (Å²) < 4.78 is 17.4. The van der Waals surface area contributed by atoms with E-state index in [4.69, 9.17) is 14.2 Å². The molecule has 4 nitrogen and oxygen atoms in total. The average molecular weight is 251 g/mol.